The van der Waals surface area contributed by atoms with Crippen LogP contribution < -0.4 is 0 Å². The summed E-state index contributed by atoms with van der Waals surface area (Å²) in [5.41, 5.74) is 16.7. The summed E-state index contributed by atoms with van der Waals surface area (Å²) in [6, 6.07) is 68.8. The average Bonchev–Trinajstić information content (AvgIpc) is 3.74. The van der Waals surface area contributed by atoms with E-state index in [0.717, 1.165) is 61.1 Å². The maximum absolute atomic E-state index is 10.6. The van der Waals surface area contributed by atoms with Crippen molar-refractivity contribution in [3.05, 3.63) is 216 Å². The van der Waals surface area contributed by atoms with Crippen molar-refractivity contribution in [1.29, 1.82) is 5.26 Å². The summed E-state index contributed by atoms with van der Waals surface area (Å²) in [5, 5.41) is 12.9. The smallest absolute Gasteiger partial charge is 0.161 e. The number of rotatable bonds is 4. The van der Waals surface area contributed by atoms with Gasteiger partial charge in [0, 0.05) is 22.3 Å². The van der Waals surface area contributed by atoms with E-state index in [4.69, 9.17) is 9.97 Å². The van der Waals surface area contributed by atoms with Crippen LogP contribution in [-0.2, 0) is 5.41 Å². The lowest BCUT2D eigenvalue weighted by Crippen LogP contribution is -2.25. The number of benzene rings is 8. The topological polar surface area (TPSA) is 49.6 Å². The van der Waals surface area contributed by atoms with Gasteiger partial charge in [0.25, 0.3) is 0 Å². The molecular formula is C52H31N3. The van der Waals surface area contributed by atoms with E-state index < -0.39 is 5.41 Å². The number of aromatic nitrogens is 2. The molecule has 254 valence electrons. The molecule has 0 saturated carbocycles. The van der Waals surface area contributed by atoms with E-state index in [2.05, 4.69) is 164 Å². The SMILES string of the molecule is N#Cc1cccc2c1-c1c(-c3ccc(-c4cc(-c5ccccc5)nc(-c5cccc6ccccc56)n4)cc3)cccc1C21c2ccccc2-c2ccccc21. The lowest BCUT2D eigenvalue weighted by molar-refractivity contribution is 0.793. The van der Waals surface area contributed by atoms with E-state index in [1.807, 2.05) is 30.3 Å². The van der Waals surface area contributed by atoms with Crippen molar-refractivity contribution >= 4 is 10.8 Å². The molecule has 0 unspecified atom stereocenters. The van der Waals surface area contributed by atoms with Crippen molar-refractivity contribution in [2.45, 2.75) is 5.41 Å². The van der Waals surface area contributed by atoms with Crippen LogP contribution in [0, 0.1) is 11.3 Å². The number of fused-ring (bicyclic) bond motifs is 11. The number of hydrogen-bond donors (Lipinski definition) is 0. The van der Waals surface area contributed by atoms with E-state index in [1.165, 1.54) is 33.4 Å². The van der Waals surface area contributed by atoms with Crippen molar-refractivity contribution in [3.8, 4) is 73.4 Å². The summed E-state index contributed by atoms with van der Waals surface area (Å²) >= 11 is 0. The maximum atomic E-state index is 10.6. The zero-order chi connectivity index (χ0) is 36.5. The van der Waals surface area contributed by atoms with Crippen LogP contribution in [0.3, 0.4) is 0 Å². The van der Waals surface area contributed by atoms with E-state index in [-0.39, 0.29) is 0 Å². The molecule has 0 N–H and O–H groups in total. The lowest BCUT2D eigenvalue weighted by atomic mass is 9.70. The highest BCUT2D eigenvalue weighted by Crippen LogP contribution is 2.64. The monoisotopic (exact) mass is 697 g/mol. The molecule has 0 radical (unpaired) electrons. The van der Waals surface area contributed by atoms with Gasteiger partial charge < -0.3 is 0 Å². The third kappa shape index (κ3) is 4.49. The quantitative estimate of drug-likeness (QED) is 0.184. The highest BCUT2D eigenvalue weighted by Gasteiger charge is 2.52. The molecule has 0 atom stereocenters. The first-order chi connectivity index (χ1) is 27.2. The zero-order valence-electron chi connectivity index (χ0n) is 29.7. The summed E-state index contributed by atoms with van der Waals surface area (Å²) < 4.78 is 0. The first kappa shape index (κ1) is 31.1. The molecule has 1 aromatic heterocycles. The molecule has 55 heavy (non-hydrogen) atoms. The number of nitrogens with zero attached hydrogens (tertiary/aromatic N) is 3. The van der Waals surface area contributed by atoms with Gasteiger partial charge >= 0.3 is 0 Å². The fourth-order valence-corrected chi connectivity index (χ4v) is 9.28. The van der Waals surface area contributed by atoms with Gasteiger partial charge in [0.1, 0.15) is 0 Å². The third-order valence-electron chi connectivity index (χ3n) is 11.6. The van der Waals surface area contributed by atoms with Crippen molar-refractivity contribution in [2.24, 2.45) is 0 Å². The molecule has 1 spiro atoms. The number of nitriles is 1. The second kappa shape index (κ2) is 12.1. The number of hydrogen-bond acceptors (Lipinski definition) is 3. The van der Waals surface area contributed by atoms with Gasteiger partial charge in [-0.1, -0.05) is 176 Å². The van der Waals surface area contributed by atoms with Gasteiger partial charge in [-0.15, -0.1) is 0 Å². The Morgan fingerprint density at radius 1 is 0.400 bits per heavy atom. The van der Waals surface area contributed by atoms with Gasteiger partial charge in [-0.25, -0.2) is 9.97 Å². The van der Waals surface area contributed by atoms with Crippen LogP contribution >= 0.6 is 0 Å². The molecule has 0 amide bonds. The van der Waals surface area contributed by atoms with E-state index >= 15 is 0 Å². The van der Waals surface area contributed by atoms with Gasteiger partial charge in [0.2, 0.25) is 0 Å². The normalized spacial score (nSPS) is 12.9. The summed E-state index contributed by atoms with van der Waals surface area (Å²) in [6.45, 7) is 0. The minimum atomic E-state index is -0.520. The molecule has 11 rings (SSSR count). The molecule has 3 nitrogen and oxygen atoms in total. The van der Waals surface area contributed by atoms with Crippen LogP contribution in [0.2, 0.25) is 0 Å². The molecule has 2 aliphatic rings. The van der Waals surface area contributed by atoms with Gasteiger partial charge in [-0.3, -0.25) is 0 Å². The molecule has 0 saturated heterocycles. The average molecular weight is 698 g/mol. The van der Waals surface area contributed by atoms with E-state index in [0.29, 0.717) is 11.4 Å². The molecule has 1 heterocycles. The van der Waals surface area contributed by atoms with Crippen molar-refractivity contribution in [2.75, 3.05) is 0 Å². The molecule has 3 heteroatoms. The summed E-state index contributed by atoms with van der Waals surface area (Å²) in [4.78, 5) is 10.3. The largest absolute Gasteiger partial charge is 0.228 e. The predicted octanol–water partition coefficient (Wildman–Crippen LogP) is 12.5. The zero-order valence-corrected chi connectivity index (χ0v) is 29.7. The molecule has 2 aliphatic carbocycles. The van der Waals surface area contributed by atoms with Crippen LogP contribution in [0.25, 0.3) is 78.1 Å². The Morgan fingerprint density at radius 2 is 0.909 bits per heavy atom. The highest BCUT2D eigenvalue weighted by atomic mass is 14.9. The Balaban J connectivity index is 1.09. The predicted molar refractivity (Wildman–Crippen MR) is 222 cm³/mol. The molecular weight excluding hydrogens is 667 g/mol. The van der Waals surface area contributed by atoms with Crippen LogP contribution in [0.5, 0.6) is 0 Å². The highest BCUT2D eigenvalue weighted by molar-refractivity contribution is 6.01. The van der Waals surface area contributed by atoms with Crippen molar-refractivity contribution < 1.29 is 0 Å². The standard InChI is InChI=1S/C52H31N3/c53-32-37-17-11-25-45-49(37)50-39(21-12-26-46(50)52(45)43-23-8-6-19-40(43)41-20-7-9-24-44(41)52)34-27-29-36(30-28-34)48-31-47(35-14-2-1-3-15-35)54-51(55-48)42-22-10-16-33-13-4-5-18-38(33)42/h1-31H. The van der Waals surface area contributed by atoms with Crippen molar-refractivity contribution in [3.63, 3.8) is 0 Å². The summed E-state index contributed by atoms with van der Waals surface area (Å²) in [5.74, 6) is 0.696. The van der Waals surface area contributed by atoms with Crippen LogP contribution in [0.15, 0.2) is 188 Å². The van der Waals surface area contributed by atoms with Gasteiger partial charge in [-0.05, 0) is 73.0 Å². The second-order valence-electron chi connectivity index (χ2n) is 14.3. The first-order valence-corrected chi connectivity index (χ1v) is 18.6. The summed E-state index contributed by atoms with van der Waals surface area (Å²) in [6.07, 6.45) is 0. The first-order valence-electron chi connectivity index (χ1n) is 18.6. The van der Waals surface area contributed by atoms with Gasteiger partial charge in [0.15, 0.2) is 5.82 Å². The fraction of sp³-hybridized carbons (Fsp3) is 0.0192. The van der Waals surface area contributed by atoms with E-state index in [1.54, 1.807) is 0 Å². The molecule has 9 aromatic rings. The van der Waals surface area contributed by atoms with Gasteiger partial charge in [-0.2, -0.15) is 5.26 Å². The minimum Gasteiger partial charge on any atom is -0.228 e. The van der Waals surface area contributed by atoms with Crippen LogP contribution in [0.1, 0.15) is 27.8 Å². The van der Waals surface area contributed by atoms with Crippen LogP contribution in [0.4, 0.5) is 0 Å². The molecule has 0 fully saturated rings. The molecule has 0 bridgehead atoms. The Bertz CT molecular complexity index is 2990. The Hall–Kier alpha value is -7.41. The van der Waals surface area contributed by atoms with Crippen LogP contribution in [-0.4, -0.2) is 9.97 Å². The van der Waals surface area contributed by atoms with E-state index in [9.17, 15) is 5.26 Å². The molecule has 8 aromatic carbocycles. The Morgan fingerprint density at radius 3 is 1.64 bits per heavy atom. The van der Waals surface area contributed by atoms with Gasteiger partial charge in [0.05, 0.1) is 28.4 Å². The Kier molecular flexibility index (Phi) is 6.83. The molecule has 0 aliphatic heterocycles. The van der Waals surface area contributed by atoms with Crippen molar-refractivity contribution in [1.82, 2.24) is 9.97 Å². The Labute approximate surface area is 319 Å². The second-order valence-corrected chi connectivity index (χ2v) is 14.3. The summed E-state index contributed by atoms with van der Waals surface area (Å²) in [7, 11) is 0. The minimum absolute atomic E-state index is 0.520. The lowest BCUT2D eigenvalue weighted by Gasteiger charge is -2.30. The third-order valence-corrected chi connectivity index (χ3v) is 11.6. The maximum Gasteiger partial charge on any atom is 0.161 e. The fourth-order valence-electron chi connectivity index (χ4n) is 9.28.